The SMILES string of the molecule is CCOc1ccc2nc(N3C(=O)C(=O)/C(=C(/O)c4ccc5c(c4)OCCO5)C3c3ccc(O)c(OC)c3)sc2c1. The summed E-state index contributed by atoms with van der Waals surface area (Å²) in [6.07, 6.45) is 0. The van der Waals surface area contributed by atoms with Crippen molar-refractivity contribution in [1.82, 2.24) is 4.98 Å². The topological polar surface area (TPSA) is 128 Å². The van der Waals surface area contributed by atoms with Crippen LogP contribution in [0.4, 0.5) is 5.13 Å². The summed E-state index contributed by atoms with van der Waals surface area (Å²) in [5.74, 6) is -0.474. The number of aliphatic hydroxyl groups is 1. The van der Waals surface area contributed by atoms with Gasteiger partial charge in [-0.3, -0.25) is 14.5 Å². The van der Waals surface area contributed by atoms with Crippen LogP contribution in [0.25, 0.3) is 16.0 Å². The molecule has 4 aromatic rings. The molecule has 0 radical (unpaired) electrons. The Morgan fingerprint density at radius 3 is 2.65 bits per heavy atom. The summed E-state index contributed by atoms with van der Waals surface area (Å²) >= 11 is 1.22. The minimum atomic E-state index is -1.06. The Labute approximate surface area is 232 Å². The summed E-state index contributed by atoms with van der Waals surface area (Å²) in [5, 5.41) is 22.0. The molecule has 10 nitrogen and oxygen atoms in total. The lowest BCUT2D eigenvalue weighted by atomic mass is 9.95. The molecule has 0 spiro atoms. The monoisotopic (exact) mass is 560 g/mol. The van der Waals surface area contributed by atoms with Crippen LogP contribution in [-0.4, -0.2) is 53.8 Å². The molecule has 6 rings (SSSR count). The van der Waals surface area contributed by atoms with Gasteiger partial charge in [0.25, 0.3) is 5.78 Å². The Morgan fingerprint density at radius 2 is 1.88 bits per heavy atom. The molecule has 0 saturated carbocycles. The summed E-state index contributed by atoms with van der Waals surface area (Å²) < 4.78 is 22.9. The van der Waals surface area contributed by atoms with Crippen molar-refractivity contribution in [3.63, 3.8) is 0 Å². The van der Waals surface area contributed by atoms with Crippen LogP contribution < -0.4 is 23.8 Å². The van der Waals surface area contributed by atoms with E-state index in [1.807, 2.05) is 13.0 Å². The second-order valence-corrected chi connectivity index (χ2v) is 10.0. The maximum Gasteiger partial charge on any atom is 0.301 e. The third-order valence-corrected chi connectivity index (χ3v) is 7.66. The number of thiazole rings is 1. The maximum absolute atomic E-state index is 13.6. The minimum absolute atomic E-state index is 0.113. The van der Waals surface area contributed by atoms with Crippen molar-refractivity contribution in [1.29, 1.82) is 0 Å². The number of aromatic hydroxyl groups is 1. The molecule has 3 aromatic carbocycles. The highest BCUT2D eigenvalue weighted by Crippen LogP contribution is 2.46. The number of Topliss-reactive ketones (excluding diaryl/α,β-unsaturated/α-hetero) is 1. The highest BCUT2D eigenvalue weighted by molar-refractivity contribution is 7.22. The van der Waals surface area contributed by atoms with Gasteiger partial charge in [0.2, 0.25) is 0 Å². The zero-order chi connectivity index (χ0) is 28.0. The largest absolute Gasteiger partial charge is 0.507 e. The number of carbonyl (C=O) groups excluding carboxylic acids is 2. The number of phenols is 1. The second kappa shape index (κ2) is 10.1. The van der Waals surface area contributed by atoms with Gasteiger partial charge in [0.15, 0.2) is 28.1 Å². The van der Waals surface area contributed by atoms with Crippen LogP contribution in [-0.2, 0) is 9.59 Å². The van der Waals surface area contributed by atoms with E-state index in [1.165, 1.54) is 35.5 Å². The molecule has 1 unspecified atom stereocenters. The Bertz CT molecular complexity index is 1690. The molecule has 1 aromatic heterocycles. The van der Waals surface area contributed by atoms with Gasteiger partial charge in [0, 0.05) is 5.56 Å². The van der Waals surface area contributed by atoms with Crippen molar-refractivity contribution in [2.75, 3.05) is 31.8 Å². The number of carbonyl (C=O) groups is 2. The van der Waals surface area contributed by atoms with Crippen molar-refractivity contribution < 1.29 is 38.7 Å². The van der Waals surface area contributed by atoms with Crippen LogP contribution >= 0.6 is 11.3 Å². The molecule has 3 heterocycles. The number of amides is 1. The number of hydrogen-bond acceptors (Lipinski definition) is 10. The van der Waals surface area contributed by atoms with Gasteiger partial charge < -0.3 is 29.2 Å². The van der Waals surface area contributed by atoms with Gasteiger partial charge >= 0.3 is 5.91 Å². The summed E-state index contributed by atoms with van der Waals surface area (Å²) in [4.78, 5) is 33.0. The Kier molecular flexibility index (Phi) is 6.43. The number of benzene rings is 3. The third-order valence-electron chi connectivity index (χ3n) is 6.65. The standard InChI is InChI=1S/C29H24N2O8S/c1-3-37-17-6-7-18-23(14-17)40-29(30-18)31-25(15-4-8-19(32)21(12-15)36-2)24(27(34)28(31)35)26(33)16-5-9-20-22(13-16)39-11-10-38-20/h4-9,12-14,25,32-33H,3,10-11H2,1-2H3/b26-24+. The van der Waals surface area contributed by atoms with E-state index in [1.54, 1.807) is 36.4 Å². The van der Waals surface area contributed by atoms with E-state index in [0.717, 1.165) is 4.70 Å². The molecule has 204 valence electrons. The first-order valence-electron chi connectivity index (χ1n) is 12.5. The highest BCUT2D eigenvalue weighted by atomic mass is 32.1. The van der Waals surface area contributed by atoms with Gasteiger partial charge in [0.1, 0.15) is 24.7 Å². The van der Waals surface area contributed by atoms with E-state index in [4.69, 9.17) is 18.9 Å². The molecule has 0 aliphatic carbocycles. The van der Waals surface area contributed by atoms with Gasteiger partial charge in [0.05, 0.1) is 35.5 Å². The molecule has 2 aliphatic heterocycles. The lowest BCUT2D eigenvalue weighted by molar-refractivity contribution is -0.132. The number of aromatic nitrogens is 1. The molecule has 1 amide bonds. The number of rotatable bonds is 6. The molecule has 1 atom stereocenters. The number of anilines is 1. The number of aliphatic hydroxyl groups excluding tert-OH is 1. The summed E-state index contributed by atoms with van der Waals surface area (Å²) in [5.41, 5.74) is 1.20. The van der Waals surface area contributed by atoms with Gasteiger partial charge in [-0.1, -0.05) is 17.4 Å². The van der Waals surface area contributed by atoms with Gasteiger partial charge in [-0.2, -0.15) is 0 Å². The quantitative estimate of drug-likeness (QED) is 0.194. The molecule has 40 heavy (non-hydrogen) atoms. The fourth-order valence-electron chi connectivity index (χ4n) is 4.81. The number of phenolic OH excluding ortho intramolecular Hbond substituents is 1. The van der Waals surface area contributed by atoms with Gasteiger partial charge in [-0.05, 0) is 61.0 Å². The van der Waals surface area contributed by atoms with E-state index in [-0.39, 0.29) is 33.5 Å². The van der Waals surface area contributed by atoms with Crippen LogP contribution in [0, 0.1) is 0 Å². The van der Waals surface area contributed by atoms with E-state index >= 15 is 0 Å². The Hall–Kier alpha value is -4.77. The van der Waals surface area contributed by atoms with Crippen molar-refractivity contribution in [2.24, 2.45) is 0 Å². The lowest BCUT2D eigenvalue weighted by Gasteiger charge is -2.24. The van der Waals surface area contributed by atoms with Crippen LogP contribution in [0.2, 0.25) is 0 Å². The first kappa shape index (κ1) is 25.5. The Balaban J connectivity index is 1.53. The van der Waals surface area contributed by atoms with Gasteiger partial charge in [-0.15, -0.1) is 0 Å². The van der Waals surface area contributed by atoms with Crippen molar-refractivity contribution in [3.05, 3.63) is 71.3 Å². The molecular weight excluding hydrogens is 536 g/mol. The third kappa shape index (κ3) is 4.24. The zero-order valence-corrected chi connectivity index (χ0v) is 22.4. The van der Waals surface area contributed by atoms with E-state index in [2.05, 4.69) is 4.98 Å². The van der Waals surface area contributed by atoms with Crippen molar-refractivity contribution in [2.45, 2.75) is 13.0 Å². The molecule has 0 bridgehead atoms. The number of fused-ring (bicyclic) bond motifs is 2. The van der Waals surface area contributed by atoms with E-state index in [0.29, 0.717) is 48.1 Å². The summed E-state index contributed by atoms with van der Waals surface area (Å²) in [6.45, 7) is 3.13. The van der Waals surface area contributed by atoms with Gasteiger partial charge in [-0.25, -0.2) is 4.98 Å². The normalized spacial score (nSPS) is 17.9. The average molecular weight is 561 g/mol. The van der Waals surface area contributed by atoms with Crippen LogP contribution in [0.15, 0.2) is 60.2 Å². The number of nitrogens with zero attached hydrogens (tertiary/aromatic N) is 2. The molecule has 1 fully saturated rings. The van der Waals surface area contributed by atoms with E-state index in [9.17, 15) is 19.8 Å². The van der Waals surface area contributed by atoms with Crippen LogP contribution in [0.1, 0.15) is 24.1 Å². The van der Waals surface area contributed by atoms with Crippen LogP contribution in [0.5, 0.6) is 28.7 Å². The number of hydrogen-bond donors (Lipinski definition) is 2. The number of methoxy groups -OCH3 is 1. The molecular formula is C29H24N2O8S. The zero-order valence-electron chi connectivity index (χ0n) is 21.5. The minimum Gasteiger partial charge on any atom is -0.507 e. The van der Waals surface area contributed by atoms with Crippen molar-refractivity contribution >= 4 is 44.1 Å². The molecule has 2 N–H and O–H groups in total. The molecule has 2 aliphatic rings. The maximum atomic E-state index is 13.6. The van der Waals surface area contributed by atoms with Crippen LogP contribution in [0.3, 0.4) is 0 Å². The smallest absolute Gasteiger partial charge is 0.301 e. The number of ether oxygens (including phenoxy) is 4. The fourth-order valence-corrected chi connectivity index (χ4v) is 5.83. The summed E-state index contributed by atoms with van der Waals surface area (Å²) in [6, 6.07) is 13.6. The first-order chi connectivity index (χ1) is 19.4. The molecule has 11 heteroatoms. The second-order valence-electron chi connectivity index (χ2n) is 9.02. The predicted octanol–water partition coefficient (Wildman–Crippen LogP) is 4.81. The molecule has 1 saturated heterocycles. The average Bonchev–Trinajstić information content (AvgIpc) is 3.50. The Morgan fingerprint density at radius 1 is 1.07 bits per heavy atom. The number of ketones is 1. The fraction of sp³-hybridized carbons (Fsp3) is 0.207. The summed E-state index contributed by atoms with van der Waals surface area (Å²) in [7, 11) is 1.40. The lowest BCUT2D eigenvalue weighted by Crippen LogP contribution is -2.29. The predicted molar refractivity (Wildman–Crippen MR) is 148 cm³/mol. The first-order valence-corrected chi connectivity index (χ1v) is 13.3. The van der Waals surface area contributed by atoms with E-state index < -0.39 is 17.7 Å². The van der Waals surface area contributed by atoms with Crippen molar-refractivity contribution in [3.8, 4) is 28.7 Å². The highest BCUT2D eigenvalue weighted by Gasteiger charge is 2.48.